The van der Waals surface area contributed by atoms with Gasteiger partial charge in [0.15, 0.2) is 5.75 Å². The van der Waals surface area contributed by atoms with E-state index in [1.54, 1.807) is 49.2 Å². The number of para-hydroxylation sites is 2. The molecule has 10 nitrogen and oxygen atoms in total. The standard InChI is InChI=1S/C34H37N5O5/c1-22-19-39(23(2)21-40)32(41)27-16-10-18-29(37-33(42)36-28-17-9-12-24-11-7-8-15-26(24)28)31(27)44-30(22)20-38(3)34(43)35-25-13-5-4-6-14-25/h4-18,22-23,30,40H,19-21H2,1-3H3,(H,35,43)(H2,36,37,42)/t22-,23+,30+/m0/s1. The Morgan fingerprint density at radius 1 is 0.932 bits per heavy atom. The van der Waals surface area contributed by atoms with Gasteiger partial charge < -0.3 is 35.6 Å². The lowest BCUT2D eigenvalue weighted by Crippen LogP contribution is -2.50. The van der Waals surface area contributed by atoms with Gasteiger partial charge in [0.05, 0.1) is 36.1 Å². The Bertz CT molecular complexity index is 1640. The van der Waals surface area contributed by atoms with Crippen LogP contribution in [0.25, 0.3) is 10.8 Å². The Kier molecular flexibility index (Phi) is 9.30. The molecule has 4 aromatic rings. The number of carbonyl (C=O) groups excluding carboxylic acids is 3. The molecule has 1 aliphatic heterocycles. The van der Waals surface area contributed by atoms with Gasteiger partial charge >= 0.3 is 12.1 Å². The van der Waals surface area contributed by atoms with Crippen LogP contribution in [0.4, 0.5) is 26.7 Å². The fourth-order valence-electron chi connectivity index (χ4n) is 5.26. The summed E-state index contributed by atoms with van der Waals surface area (Å²) in [4.78, 5) is 43.2. The molecule has 0 aromatic heterocycles. The molecule has 1 aliphatic rings. The molecule has 0 bridgehead atoms. The van der Waals surface area contributed by atoms with Gasteiger partial charge in [-0.25, -0.2) is 9.59 Å². The van der Waals surface area contributed by atoms with Crippen LogP contribution in [0.2, 0.25) is 0 Å². The molecule has 228 valence electrons. The third-order valence-corrected chi connectivity index (χ3v) is 7.80. The van der Waals surface area contributed by atoms with E-state index >= 15 is 0 Å². The summed E-state index contributed by atoms with van der Waals surface area (Å²) in [5.74, 6) is -0.347. The minimum Gasteiger partial charge on any atom is -0.485 e. The van der Waals surface area contributed by atoms with Gasteiger partial charge in [-0.05, 0) is 42.6 Å². The van der Waals surface area contributed by atoms with Crippen LogP contribution in [0.1, 0.15) is 24.2 Å². The minimum absolute atomic E-state index is 0.200. The molecule has 44 heavy (non-hydrogen) atoms. The van der Waals surface area contributed by atoms with Crippen molar-refractivity contribution >= 4 is 45.8 Å². The molecule has 4 N–H and O–H groups in total. The van der Waals surface area contributed by atoms with Gasteiger partial charge in [0.25, 0.3) is 5.91 Å². The van der Waals surface area contributed by atoms with Gasteiger partial charge in [-0.15, -0.1) is 0 Å². The maximum Gasteiger partial charge on any atom is 0.323 e. The Morgan fingerprint density at radius 3 is 2.36 bits per heavy atom. The lowest BCUT2D eigenvalue weighted by molar-refractivity contribution is 0.0373. The van der Waals surface area contributed by atoms with Gasteiger partial charge in [0, 0.05) is 30.6 Å². The normalized spacial score (nSPS) is 17.0. The molecule has 0 aliphatic carbocycles. The highest BCUT2D eigenvalue weighted by molar-refractivity contribution is 6.08. The number of nitrogens with one attached hydrogen (secondary N) is 3. The molecule has 0 radical (unpaired) electrons. The Labute approximate surface area is 256 Å². The number of fused-ring (bicyclic) bond motifs is 2. The smallest absolute Gasteiger partial charge is 0.323 e. The van der Waals surface area contributed by atoms with Gasteiger partial charge in [-0.1, -0.05) is 67.6 Å². The van der Waals surface area contributed by atoms with E-state index in [-0.39, 0.29) is 42.3 Å². The Hall–Kier alpha value is -5.09. The second-order valence-corrected chi connectivity index (χ2v) is 11.1. The van der Waals surface area contributed by atoms with Crippen LogP contribution in [-0.4, -0.2) is 71.8 Å². The number of ether oxygens (including phenoxy) is 1. The SMILES string of the molecule is C[C@H](CO)N1C[C@H](C)[C@@H](CN(C)C(=O)Nc2ccccc2)Oc2c(NC(=O)Nc3cccc4ccccc34)cccc2C1=O. The van der Waals surface area contributed by atoms with Gasteiger partial charge in [0.1, 0.15) is 6.10 Å². The summed E-state index contributed by atoms with van der Waals surface area (Å²) in [6.07, 6.45) is -0.550. The summed E-state index contributed by atoms with van der Waals surface area (Å²) < 4.78 is 6.53. The molecule has 5 amide bonds. The zero-order chi connectivity index (χ0) is 31.2. The first kappa shape index (κ1) is 30.4. The Balaban J connectivity index is 1.43. The zero-order valence-electron chi connectivity index (χ0n) is 25.0. The zero-order valence-corrected chi connectivity index (χ0v) is 25.0. The number of aliphatic hydroxyl groups excluding tert-OH is 1. The summed E-state index contributed by atoms with van der Waals surface area (Å²) in [7, 11) is 1.68. The first-order valence-electron chi connectivity index (χ1n) is 14.6. The van der Waals surface area contributed by atoms with Crippen LogP contribution >= 0.6 is 0 Å². The van der Waals surface area contributed by atoms with Crippen LogP contribution in [0.5, 0.6) is 5.75 Å². The molecule has 0 fully saturated rings. The topological polar surface area (TPSA) is 123 Å². The first-order valence-corrected chi connectivity index (χ1v) is 14.6. The van der Waals surface area contributed by atoms with Gasteiger partial charge in [0.2, 0.25) is 0 Å². The minimum atomic E-state index is -0.550. The number of benzene rings is 4. The van der Waals surface area contributed by atoms with Crippen molar-refractivity contribution in [1.82, 2.24) is 9.80 Å². The maximum absolute atomic E-state index is 13.8. The van der Waals surface area contributed by atoms with Crippen molar-refractivity contribution in [2.45, 2.75) is 26.0 Å². The van der Waals surface area contributed by atoms with Crippen molar-refractivity contribution in [2.75, 3.05) is 42.7 Å². The number of nitrogens with zero attached hydrogens (tertiary/aromatic N) is 2. The molecule has 3 atom stereocenters. The summed E-state index contributed by atoms with van der Waals surface area (Å²) >= 11 is 0. The number of aliphatic hydroxyl groups is 1. The van der Waals surface area contributed by atoms with E-state index in [0.717, 1.165) is 10.8 Å². The number of hydrogen-bond acceptors (Lipinski definition) is 5. The lowest BCUT2D eigenvalue weighted by Gasteiger charge is -2.38. The van der Waals surface area contributed by atoms with Crippen molar-refractivity contribution in [3.05, 3.63) is 96.6 Å². The molecule has 0 saturated carbocycles. The van der Waals surface area contributed by atoms with E-state index in [4.69, 9.17) is 4.74 Å². The second kappa shape index (κ2) is 13.5. The lowest BCUT2D eigenvalue weighted by atomic mass is 9.99. The summed E-state index contributed by atoms with van der Waals surface area (Å²) in [6, 6.07) is 26.3. The van der Waals surface area contributed by atoms with E-state index in [0.29, 0.717) is 23.6 Å². The molecular formula is C34H37N5O5. The van der Waals surface area contributed by atoms with Crippen molar-refractivity contribution in [3.63, 3.8) is 0 Å². The predicted molar refractivity (Wildman–Crippen MR) is 172 cm³/mol. The maximum atomic E-state index is 13.8. The van der Waals surface area contributed by atoms with Crippen LogP contribution in [0.3, 0.4) is 0 Å². The molecule has 10 heteroatoms. The average molecular weight is 596 g/mol. The number of rotatable bonds is 7. The van der Waals surface area contributed by atoms with E-state index in [9.17, 15) is 19.5 Å². The van der Waals surface area contributed by atoms with Gasteiger partial charge in [-0.3, -0.25) is 4.79 Å². The fourth-order valence-corrected chi connectivity index (χ4v) is 5.26. The number of amides is 5. The number of hydrogen-bond donors (Lipinski definition) is 4. The molecule has 5 rings (SSSR count). The highest BCUT2D eigenvalue weighted by Crippen LogP contribution is 2.35. The van der Waals surface area contributed by atoms with Crippen molar-refractivity contribution in [2.24, 2.45) is 5.92 Å². The van der Waals surface area contributed by atoms with E-state index in [1.165, 1.54) is 4.90 Å². The monoisotopic (exact) mass is 595 g/mol. The van der Waals surface area contributed by atoms with E-state index in [1.807, 2.05) is 67.6 Å². The first-order chi connectivity index (χ1) is 21.2. The van der Waals surface area contributed by atoms with E-state index < -0.39 is 18.2 Å². The number of likely N-dealkylation sites (N-methyl/N-ethyl adjacent to an activating group) is 1. The molecule has 1 heterocycles. The largest absolute Gasteiger partial charge is 0.485 e. The molecular weight excluding hydrogens is 558 g/mol. The van der Waals surface area contributed by atoms with Crippen molar-refractivity contribution < 1.29 is 24.2 Å². The fraction of sp³-hybridized carbons (Fsp3) is 0.265. The van der Waals surface area contributed by atoms with E-state index in [2.05, 4.69) is 16.0 Å². The summed E-state index contributed by atoms with van der Waals surface area (Å²) in [5.41, 5.74) is 1.86. The van der Waals surface area contributed by atoms with Crippen LogP contribution in [0.15, 0.2) is 91.0 Å². The summed E-state index contributed by atoms with van der Waals surface area (Å²) in [6.45, 7) is 4.00. The van der Waals surface area contributed by atoms with Gasteiger partial charge in [-0.2, -0.15) is 0 Å². The third kappa shape index (κ3) is 6.76. The highest BCUT2D eigenvalue weighted by atomic mass is 16.5. The van der Waals surface area contributed by atoms with Crippen LogP contribution < -0.4 is 20.7 Å². The Morgan fingerprint density at radius 2 is 1.59 bits per heavy atom. The van der Waals surface area contributed by atoms with Crippen molar-refractivity contribution in [1.29, 1.82) is 0 Å². The second-order valence-electron chi connectivity index (χ2n) is 11.1. The molecule has 4 aromatic carbocycles. The molecule has 0 spiro atoms. The van der Waals surface area contributed by atoms with Crippen LogP contribution in [-0.2, 0) is 0 Å². The highest BCUT2D eigenvalue weighted by Gasteiger charge is 2.35. The number of carbonyl (C=O) groups is 3. The quantitative estimate of drug-likeness (QED) is 0.213. The van der Waals surface area contributed by atoms with Crippen molar-refractivity contribution in [3.8, 4) is 5.75 Å². The molecule has 0 saturated heterocycles. The van der Waals surface area contributed by atoms with Crippen LogP contribution in [0, 0.1) is 5.92 Å². The number of urea groups is 2. The predicted octanol–water partition coefficient (Wildman–Crippen LogP) is 5.87. The third-order valence-electron chi connectivity index (χ3n) is 7.80. The number of anilines is 3. The average Bonchev–Trinajstić information content (AvgIpc) is 3.03. The summed E-state index contributed by atoms with van der Waals surface area (Å²) in [5, 5.41) is 20.5. The molecule has 0 unspecified atom stereocenters.